The molecule has 0 spiro atoms. The molecule has 0 N–H and O–H groups in total. The highest BCUT2D eigenvalue weighted by Gasteiger charge is 2.14. The van der Waals surface area contributed by atoms with E-state index in [1.54, 1.807) is 18.2 Å². The van der Waals surface area contributed by atoms with E-state index in [2.05, 4.69) is 9.47 Å². The third kappa shape index (κ3) is 14.8. The SMILES string of the molecule is CC.CC.CC.COC(=O)/C=C/c1cc(OC)c(OCCOCC(=O)OC)c(OC)c1. The largest absolute Gasteiger partial charge is 0.493 e. The molecular weight excluding hydrogens is 404 g/mol. The van der Waals surface area contributed by atoms with Crippen molar-refractivity contribution in [2.75, 3.05) is 48.3 Å². The molecule has 0 saturated carbocycles. The number of benzene rings is 1. The molecule has 8 heteroatoms. The maximum atomic E-state index is 11.2. The van der Waals surface area contributed by atoms with E-state index in [1.807, 2.05) is 41.5 Å². The van der Waals surface area contributed by atoms with E-state index in [-0.39, 0.29) is 19.8 Å². The van der Waals surface area contributed by atoms with Gasteiger partial charge < -0.3 is 28.4 Å². The van der Waals surface area contributed by atoms with Crippen LogP contribution in [0, 0.1) is 0 Å². The first-order chi connectivity index (χ1) is 15.0. The molecular formula is C23H40O8. The molecule has 1 aromatic rings. The maximum absolute atomic E-state index is 11.2. The van der Waals surface area contributed by atoms with Crippen LogP contribution >= 0.6 is 0 Å². The minimum absolute atomic E-state index is 0.147. The number of rotatable bonds is 10. The summed E-state index contributed by atoms with van der Waals surface area (Å²) in [4.78, 5) is 22.1. The summed E-state index contributed by atoms with van der Waals surface area (Å²) < 4.78 is 30.4. The zero-order valence-corrected chi connectivity index (χ0v) is 20.7. The van der Waals surface area contributed by atoms with Gasteiger partial charge in [-0.2, -0.15) is 0 Å². The number of hydrogen-bond donors (Lipinski definition) is 0. The van der Waals surface area contributed by atoms with Crippen molar-refractivity contribution >= 4 is 18.0 Å². The highest BCUT2D eigenvalue weighted by molar-refractivity contribution is 5.87. The van der Waals surface area contributed by atoms with Gasteiger partial charge in [-0.25, -0.2) is 9.59 Å². The highest BCUT2D eigenvalue weighted by atomic mass is 16.6. The van der Waals surface area contributed by atoms with Crippen molar-refractivity contribution in [2.45, 2.75) is 41.5 Å². The summed E-state index contributed by atoms with van der Waals surface area (Å²) in [5.41, 5.74) is 0.674. The normalized spacial score (nSPS) is 8.97. The van der Waals surface area contributed by atoms with E-state index in [9.17, 15) is 9.59 Å². The van der Waals surface area contributed by atoms with Gasteiger partial charge in [0.05, 0.1) is 35.0 Å². The molecule has 0 unspecified atom stereocenters. The van der Waals surface area contributed by atoms with Crippen molar-refractivity contribution in [3.8, 4) is 17.2 Å². The van der Waals surface area contributed by atoms with Crippen LogP contribution in [0.3, 0.4) is 0 Å². The second-order valence-corrected chi connectivity index (χ2v) is 4.59. The average molecular weight is 445 g/mol. The Balaban J connectivity index is -0.00000120. The van der Waals surface area contributed by atoms with Gasteiger partial charge in [-0.1, -0.05) is 41.5 Å². The number of carbonyl (C=O) groups is 2. The van der Waals surface area contributed by atoms with Crippen molar-refractivity contribution in [2.24, 2.45) is 0 Å². The second-order valence-electron chi connectivity index (χ2n) is 4.59. The molecule has 0 fully saturated rings. The second kappa shape index (κ2) is 23.5. The Kier molecular flexibility index (Phi) is 25.0. The number of esters is 2. The van der Waals surface area contributed by atoms with E-state index < -0.39 is 11.9 Å². The highest BCUT2D eigenvalue weighted by Crippen LogP contribution is 2.38. The molecule has 0 heterocycles. The van der Waals surface area contributed by atoms with Crippen molar-refractivity contribution in [3.05, 3.63) is 23.8 Å². The van der Waals surface area contributed by atoms with Gasteiger partial charge in [0.2, 0.25) is 5.75 Å². The van der Waals surface area contributed by atoms with E-state index in [1.165, 1.54) is 34.5 Å². The molecule has 0 saturated heterocycles. The van der Waals surface area contributed by atoms with Crippen LogP contribution in [0.15, 0.2) is 18.2 Å². The summed E-state index contributed by atoms with van der Waals surface area (Å²) in [7, 11) is 5.56. The summed E-state index contributed by atoms with van der Waals surface area (Å²) in [5, 5.41) is 0. The molecule has 8 nitrogen and oxygen atoms in total. The van der Waals surface area contributed by atoms with Gasteiger partial charge in [0.25, 0.3) is 0 Å². The van der Waals surface area contributed by atoms with E-state index in [0.717, 1.165) is 0 Å². The van der Waals surface area contributed by atoms with Gasteiger partial charge in [0.1, 0.15) is 13.2 Å². The fraction of sp³-hybridized carbons (Fsp3) is 0.565. The molecule has 31 heavy (non-hydrogen) atoms. The average Bonchev–Trinajstić information content (AvgIpc) is 2.85. The molecule has 180 valence electrons. The van der Waals surface area contributed by atoms with Gasteiger partial charge in [-0.15, -0.1) is 0 Å². The number of methoxy groups -OCH3 is 4. The van der Waals surface area contributed by atoms with E-state index >= 15 is 0 Å². The fourth-order valence-electron chi connectivity index (χ4n) is 1.79. The molecule has 0 amide bonds. The summed E-state index contributed by atoms with van der Waals surface area (Å²) in [6.45, 7) is 12.2. The molecule has 0 aliphatic rings. The minimum atomic E-state index is -0.471. The van der Waals surface area contributed by atoms with Gasteiger partial charge in [0.15, 0.2) is 11.5 Å². The Hall–Kier alpha value is -2.74. The van der Waals surface area contributed by atoms with E-state index in [4.69, 9.17) is 18.9 Å². The number of hydrogen-bond acceptors (Lipinski definition) is 8. The maximum Gasteiger partial charge on any atom is 0.331 e. The molecule has 0 atom stereocenters. The van der Waals surface area contributed by atoms with Crippen LogP contribution in [0.4, 0.5) is 0 Å². The van der Waals surface area contributed by atoms with Crippen LogP contribution < -0.4 is 14.2 Å². The Morgan fingerprint density at radius 2 is 1.32 bits per heavy atom. The summed E-state index contributed by atoms with van der Waals surface area (Å²) >= 11 is 0. The molecule has 0 radical (unpaired) electrons. The monoisotopic (exact) mass is 444 g/mol. The molecule has 1 rings (SSSR count). The Morgan fingerprint density at radius 1 is 0.806 bits per heavy atom. The lowest BCUT2D eigenvalue weighted by Gasteiger charge is -2.15. The van der Waals surface area contributed by atoms with Crippen LogP contribution in [0.2, 0.25) is 0 Å². The third-order valence-electron chi connectivity index (χ3n) is 3.02. The van der Waals surface area contributed by atoms with Crippen LogP contribution in [0.25, 0.3) is 6.08 Å². The van der Waals surface area contributed by atoms with Crippen LogP contribution in [0.5, 0.6) is 17.2 Å². The third-order valence-corrected chi connectivity index (χ3v) is 3.02. The first-order valence-corrected chi connectivity index (χ1v) is 10.3. The van der Waals surface area contributed by atoms with Gasteiger partial charge in [-0.3, -0.25) is 0 Å². The first kappa shape index (κ1) is 32.9. The zero-order valence-electron chi connectivity index (χ0n) is 20.7. The summed E-state index contributed by atoms with van der Waals surface area (Å²) in [5.74, 6) is 0.313. The molecule has 0 aliphatic heterocycles. The smallest absolute Gasteiger partial charge is 0.331 e. The van der Waals surface area contributed by atoms with Crippen molar-refractivity contribution < 1.29 is 38.0 Å². The van der Waals surface area contributed by atoms with Gasteiger partial charge >= 0.3 is 11.9 Å². The lowest BCUT2D eigenvalue weighted by molar-refractivity contribution is -0.146. The zero-order chi connectivity index (χ0) is 24.7. The van der Waals surface area contributed by atoms with Crippen LogP contribution in [-0.4, -0.2) is 60.2 Å². The predicted molar refractivity (Wildman–Crippen MR) is 123 cm³/mol. The first-order valence-electron chi connectivity index (χ1n) is 10.3. The number of carbonyl (C=O) groups excluding carboxylic acids is 2. The van der Waals surface area contributed by atoms with Gasteiger partial charge in [-0.05, 0) is 23.8 Å². The van der Waals surface area contributed by atoms with Crippen LogP contribution in [-0.2, 0) is 23.8 Å². The Labute approximate surface area is 187 Å². The summed E-state index contributed by atoms with van der Waals surface area (Å²) in [6.07, 6.45) is 2.86. The standard InChI is InChI=1S/C17H22O8.3C2H6/c1-20-13-9-12(5-6-15(18)22-3)10-14(21-2)17(13)25-8-7-24-11-16(19)23-4;3*1-2/h5-6,9-10H,7-8,11H2,1-4H3;3*1-2H3/b6-5+;;;. The Morgan fingerprint density at radius 3 is 1.74 bits per heavy atom. The minimum Gasteiger partial charge on any atom is -0.493 e. The molecule has 1 aromatic carbocycles. The molecule has 0 aromatic heterocycles. The topological polar surface area (TPSA) is 89.5 Å². The van der Waals surface area contributed by atoms with Crippen molar-refractivity contribution in [1.82, 2.24) is 0 Å². The quantitative estimate of drug-likeness (QED) is 0.295. The van der Waals surface area contributed by atoms with E-state index in [0.29, 0.717) is 22.8 Å². The Bertz CT molecular complexity index is 587. The fourth-order valence-corrected chi connectivity index (χ4v) is 1.79. The number of ether oxygens (including phenoxy) is 6. The lowest BCUT2D eigenvalue weighted by Crippen LogP contribution is -2.14. The summed E-state index contributed by atoms with van der Waals surface area (Å²) in [6, 6.07) is 3.37. The predicted octanol–water partition coefficient (Wildman–Crippen LogP) is 4.54. The van der Waals surface area contributed by atoms with Gasteiger partial charge in [0, 0.05) is 6.08 Å². The lowest BCUT2D eigenvalue weighted by atomic mass is 10.1. The van der Waals surface area contributed by atoms with Crippen molar-refractivity contribution in [1.29, 1.82) is 0 Å². The molecule has 0 aliphatic carbocycles. The van der Waals surface area contributed by atoms with Crippen LogP contribution in [0.1, 0.15) is 47.1 Å². The molecule has 0 bridgehead atoms. The van der Waals surface area contributed by atoms with Crippen molar-refractivity contribution in [3.63, 3.8) is 0 Å².